The Kier molecular flexibility index (Phi) is 5.04. The molecule has 130 valence electrons. The summed E-state index contributed by atoms with van der Waals surface area (Å²) in [7, 11) is 5.93. The van der Waals surface area contributed by atoms with E-state index in [4.69, 9.17) is 17.3 Å². The average molecular weight is 353 g/mol. The third kappa shape index (κ3) is 3.66. The monoisotopic (exact) mass is 352 g/mol. The number of anilines is 1. The lowest BCUT2D eigenvalue weighted by atomic mass is 9.97. The Labute approximate surface area is 155 Å². The van der Waals surface area contributed by atoms with Gasteiger partial charge in [-0.15, -0.1) is 0 Å². The summed E-state index contributed by atoms with van der Waals surface area (Å²) in [6, 6.07) is 17.2. The van der Waals surface area contributed by atoms with Crippen LogP contribution in [0.1, 0.15) is 29.2 Å². The molecule has 25 heavy (non-hydrogen) atoms. The summed E-state index contributed by atoms with van der Waals surface area (Å²) < 4.78 is 0. The van der Waals surface area contributed by atoms with Gasteiger partial charge in [-0.2, -0.15) is 5.10 Å². The molecule has 1 heterocycles. The van der Waals surface area contributed by atoms with E-state index >= 15 is 0 Å². The number of nitrogens with zero attached hydrogens (tertiary/aromatic N) is 3. The summed E-state index contributed by atoms with van der Waals surface area (Å²) in [5.74, 6) is 0. The van der Waals surface area contributed by atoms with Crippen molar-refractivity contribution >= 4 is 28.7 Å². The zero-order valence-corrected chi connectivity index (χ0v) is 16.0. The van der Waals surface area contributed by atoms with E-state index in [0.29, 0.717) is 5.11 Å². The first-order valence-electron chi connectivity index (χ1n) is 8.42. The Morgan fingerprint density at radius 3 is 2.52 bits per heavy atom. The van der Waals surface area contributed by atoms with Crippen LogP contribution in [0.5, 0.6) is 0 Å². The van der Waals surface area contributed by atoms with Crippen molar-refractivity contribution in [2.75, 3.05) is 26.0 Å². The third-order valence-electron chi connectivity index (χ3n) is 4.48. The van der Waals surface area contributed by atoms with Crippen molar-refractivity contribution in [3.63, 3.8) is 0 Å². The van der Waals surface area contributed by atoms with E-state index in [1.54, 1.807) is 0 Å². The zero-order valence-electron chi connectivity index (χ0n) is 15.2. The smallest absolute Gasteiger partial charge is 0.189 e. The Bertz CT molecular complexity index is 796. The maximum atomic E-state index is 5.48. The van der Waals surface area contributed by atoms with Crippen molar-refractivity contribution in [3.8, 4) is 0 Å². The molecule has 0 saturated heterocycles. The maximum Gasteiger partial charge on any atom is 0.189 e. The Morgan fingerprint density at radius 2 is 1.92 bits per heavy atom. The molecule has 0 radical (unpaired) electrons. The molecule has 0 amide bonds. The van der Waals surface area contributed by atoms with Crippen LogP contribution in [-0.2, 0) is 0 Å². The molecule has 0 aromatic heterocycles. The number of nitrogens with one attached hydrogen (secondary N) is 1. The largest absolute Gasteiger partial charge is 0.378 e. The molecule has 4 nitrogen and oxygen atoms in total. The van der Waals surface area contributed by atoms with E-state index in [1.165, 1.54) is 16.8 Å². The summed E-state index contributed by atoms with van der Waals surface area (Å²) >= 11 is 5.48. The zero-order chi connectivity index (χ0) is 18.0. The highest BCUT2D eigenvalue weighted by atomic mass is 32.1. The van der Waals surface area contributed by atoms with Gasteiger partial charge in [0.2, 0.25) is 0 Å². The molecule has 1 aliphatic heterocycles. The predicted octanol–water partition coefficient (Wildman–Crippen LogP) is 3.72. The van der Waals surface area contributed by atoms with Gasteiger partial charge >= 0.3 is 0 Å². The van der Waals surface area contributed by atoms with Crippen LogP contribution >= 0.6 is 12.2 Å². The normalized spacial score (nSPS) is 16.6. The van der Waals surface area contributed by atoms with Gasteiger partial charge in [-0.05, 0) is 42.4 Å². The van der Waals surface area contributed by atoms with Crippen molar-refractivity contribution in [3.05, 3.63) is 65.2 Å². The van der Waals surface area contributed by atoms with Gasteiger partial charge in [-0.3, -0.25) is 0 Å². The van der Waals surface area contributed by atoms with Gasteiger partial charge in [0.15, 0.2) is 5.11 Å². The standard InChI is InChI=1S/C20H24N4S/c1-14-6-5-7-16(12-14)19-13-18(22-24(19)20(25)21-2)15-8-10-17(11-9-15)23(3)4/h5-12,19H,13H2,1-4H3,(H,21,25)/t19-/m1/s1. The molecular weight excluding hydrogens is 328 g/mol. The number of aryl methyl sites for hydroxylation is 1. The predicted molar refractivity (Wildman–Crippen MR) is 109 cm³/mol. The van der Waals surface area contributed by atoms with Gasteiger partial charge in [0.25, 0.3) is 0 Å². The number of rotatable bonds is 3. The first kappa shape index (κ1) is 17.4. The van der Waals surface area contributed by atoms with E-state index in [-0.39, 0.29) is 6.04 Å². The number of hydrazone groups is 1. The summed E-state index contributed by atoms with van der Waals surface area (Å²) in [5.41, 5.74) is 5.87. The highest BCUT2D eigenvalue weighted by Gasteiger charge is 2.31. The minimum atomic E-state index is 0.128. The van der Waals surface area contributed by atoms with Crippen molar-refractivity contribution in [1.82, 2.24) is 10.3 Å². The molecule has 5 heteroatoms. The highest BCUT2D eigenvalue weighted by molar-refractivity contribution is 7.80. The van der Waals surface area contributed by atoms with E-state index in [0.717, 1.165) is 17.7 Å². The molecule has 2 aromatic rings. The van der Waals surface area contributed by atoms with E-state index in [9.17, 15) is 0 Å². The SMILES string of the molecule is CNC(=S)N1N=C(c2ccc(N(C)C)cc2)C[C@@H]1c1cccc(C)c1. The van der Waals surface area contributed by atoms with Crippen LogP contribution in [0.2, 0.25) is 0 Å². The van der Waals surface area contributed by atoms with Crippen LogP contribution in [0, 0.1) is 6.92 Å². The van der Waals surface area contributed by atoms with Crippen LogP contribution in [-0.4, -0.2) is 37.0 Å². The van der Waals surface area contributed by atoms with Crippen molar-refractivity contribution in [1.29, 1.82) is 0 Å². The summed E-state index contributed by atoms with van der Waals surface area (Å²) in [6.07, 6.45) is 0.840. The van der Waals surface area contributed by atoms with Crippen molar-refractivity contribution < 1.29 is 0 Å². The molecule has 2 aromatic carbocycles. The second-order valence-electron chi connectivity index (χ2n) is 6.52. The Morgan fingerprint density at radius 1 is 1.20 bits per heavy atom. The average Bonchev–Trinajstić information content (AvgIpc) is 3.06. The van der Waals surface area contributed by atoms with E-state index in [2.05, 4.69) is 65.7 Å². The lowest BCUT2D eigenvalue weighted by Crippen LogP contribution is -2.34. The van der Waals surface area contributed by atoms with Crippen molar-refractivity contribution in [2.24, 2.45) is 5.10 Å². The molecule has 0 spiro atoms. The lowest BCUT2D eigenvalue weighted by molar-refractivity contribution is 0.366. The second kappa shape index (κ2) is 7.23. The van der Waals surface area contributed by atoms with Crippen LogP contribution in [0.3, 0.4) is 0 Å². The van der Waals surface area contributed by atoms with Crippen LogP contribution in [0.4, 0.5) is 5.69 Å². The van der Waals surface area contributed by atoms with E-state index < -0.39 is 0 Å². The third-order valence-corrected chi connectivity index (χ3v) is 4.87. The molecule has 0 bridgehead atoms. The molecular formula is C20H24N4S. The molecule has 0 fully saturated rings. The number of hydrogen-bond acceptors (Lipinski definition) is 3. The fraction of sp³-hybridized carbons (Fsp3) is 0.300. The fourth-order valence-corrected chi connectivity index (χ4v) is 3.24. The lowest BCUT2D eigenvalue weighted by Gasteiger charge is -2.24. The first-order chi connectivity index (χ1) is 12.0. The quantitative estimate of drug-likeness (QED) is 0.853. The summed E-state index contributed by atoms with van der Waals surface area (Å²) in [6.45, 7) is 2.11. The number of benzene rings is 2. The molecule has 0 unspecified atom stereocenters. The summed E-state index contributed by atoms with van der Waals surface area (Å²) in [5, 5.41) is 10.5. The Balaban J connectivity index is 1.92. The fourth-order valence-electron chi connectivity index (χ4n) is 3.08. The summed E-state index contributed by atoms with van der Waals surface area (Å²) in [4.78, 5) is 2.10. The van der Waals surface area contributed by atoms with E-state index in [1.807, 2.05) is 26.2 Å². The van der Waals surface area contributed by atoms with Gasteiger partial charge in [0, 0.05) is 33.3 Å². The van der Waals surface area contributed by atoms with Crippen LogP contribution in [0.25, 0.3) is 0 Å². The number of thiocarbonyl (C=S) groups is 1. The van der Waals surface area contributed by atoms with Gasteiger partial charge in [-0.1, -0.05) is 42.0 Å². The molecule has 1 atom stereocenters. The molecule has 3 rings (SSSR count). The van der Waals surface area contributed by atoms with Gasteiger partial charge in [-0.25, -0.2) is 5.01 Å². The molecule has 0 saturated carbocycles. The maximum absolute atomic E-state index is 5.48. The number of hydrogen-bond donors (Lipinski definition) is 1. The van der Waals surface area contributed by atoms with Crippen LogP contribution < -0.4 is 10.2 Å². The molecule has 1 aliphatic rings. The van der Waals surface area contributed by atoms with Gasteiger partial charge < -0.3 is 10.2 Å². The minimum Gasteiger partial charge on any atom is -0.378 e. The van der Waals surface area contributed by atoms with Gasteiger partial charge in [0.1, 0.15) is 0 Å². The van der Waals surface area contributed by atoms with Gasteiger partial charge in [0.05, 0.1) is 11.8 Å². The second-order valence-corrected chi connectivity index (χ2v) is 6.91. The molecule has 0 aliphatic carbocycles. The Hall–Kier alpha value is -2.40. The van der Waals surface area contributed by atoms with Crippen molar-refractivity contribution in [2.45, 2.75) is 19.4 Å². The molecule has 1 N–H and O–H groups in total. The minimum absolute atomic E-state index is 0.128. The highest BCUT2D eigenvalue weighted by Crippen LogP contribution is 2.33. The topological polar surface area (TPSA) is 30.9 Å². The first-order valence-corrected chi connectivity index (χ1v) is 8.83. The van der Waals surface area contributed by atoms with Crippen LogP contribution in [0.15, 0.2) is 53.6 Å².